The monoisotopic (exact) mass is 263 g/mol. The van der Waals surface area contributed by atoms with E-state index in [1.807, 2.05) is 12.1 Å². The second kappa shape index (κ2) is 4.57. The molecule has 1 fully saturated rings. The van der Waals surface area contributed by atoms with Crippen molar-refractivity contribution in [3.63, 3.8) is 0 Å². The second-order valence-corrected chi connectivity index (χ2v) is 5.48. The van der Waals surface area contributed by atoms with E-state index in [4.69, 9.17) is 11.6 Å². The maximum Gasteiger partial charge on any atom is 0.0604 e. The van der Waals surface area contributed by atoms with Crippen LogP contribution in [0.4, 0.5) is 0 Å². The molecule has 4 heteroatoms. The van der Waals surface area contributed by atoms with Crippen molar-refractivity contribution >= 4 is 22.5 Å². The average molecular weight is 264 g/mol. The van der Waals surface area contributed by atoms with Crippen molar-refractivity contribution in [2.75, 3.05) is 26.7 Å². The third-order valence-corrected chi connectivity index (χ3v) is 4.14. The minimum absolute atomic E-state index is 0.386. The van der Waals surface area contributed by atoms with Gasteiger partial charge in [0.2, 0.25) is 0 Å². The second-order valence-electron chi connectivity index (χ2n) is 5.07. The van der Waals surface area contributed by atoms with Crippen LogP contribution in [-0.4, -0.2) is 36.1 Å². The molecule has 0 amide bonds. The Bertz CT molecular complexity index is 576. The molecule has 2 heterocycles. The molecule has 1 N–H and O–H groups in total. The van der Waals surface area contributed by atoms with Crippen molar-refractivity contribution in [1.82, 2.24) is 14.8 Å². The summed E-state index contributed by atoms with van der Waals surface area (Å²) in [7, 11) is 4.29. The summed E-state index contributed by atoms with van der Waals surface area (Å²) in [5.74, 6) is 0. The predicted octanol–water partition coefficient (Wildman–Crippen LogP) is 2.41. The Morgan fingerprint density at radius 2 is 2.17 bits per heavy atom. The van der Waals surface area contributed by atoms with E-state index in [-0.39, 0.29) is 0 Å². The van der Waals surface area contributed by atoms with E-state index in [2.05, 4.69) is 41.0 Å². The van der Waals surface area contributed by atoms with Gasteiger partial charge in [0, 0.05) is 48.3 Å². The first-order valence-corrected chi connectivity index (χ1v) is 6.70. The average Bonchev–Trinajstić information content (AvgIpc) is 2.69. The molecule has 0 saturated carbocycles. The van der Waals surface area contributed by atoms with Gasteiger partial charge in [-0.3, -0.25) is 0 Å². The minimum atomic E-state index is 0.386. The summed E-state index contributed by atoms with van der Waals surface area (Å²) in [6, 6.07) is 8.69. The lowest BCUT2D eigenvalue weighted by Crippen LogP contribution is -2.44. The van der Waals surface area contributed by atoms with Gasteiger partial charge in [0.1, 0.15) is 0 Å². The number of aryl methyl sites for hydroxylation is 1. The number of piperazine rings is 1. The van der Waals surface area contributed by atoms with Gasteiger partial charge in [-0.25, -0.2) is 0 Å². The molecule has 1 aromatic carbocycles. The molecule has 1 aliphatic heterocycles. The molecule has 3 rings (SSSR count). The first kappa shape index (κ1) is 12.0. The number of fused-ring (bicyclic) bond motifs is 1. The highest BCUT2D eigenvalue weighted by molar-refractivity contribution is 6.35. The topological polar surface area (TPSA) is 20.2 Å². The van der Waals surface area contributed by atoms with Crippen LogP contribution < -0.4 is 5.32 Å². The van der Waals surface area contributed by atoms with Crippen LogP contribution >= 0.6 is 11.6 Å². The molecule has 1 aromatic heterocycles. The normalized spacial score (nSPS) is 21.6. The Balaban J connectivity index is 2.06. The van der Waals surface area contributed by atoms with E-state index in [1.165, 1.54) is 11.2 Å². The van der Waals surface area contributed by atoms with E-state index in [9.17, 15) is 0 Å². The first-order valence-electron chi connectivity index (χ1n) is 6.32. The summed E-state index contributed by atoms with van der Waals surface area (Å²) in [5.41, 5.74) is 2.51. The molecule has 0 radical (unpaired) electrons. The first-order chi connectivity index (χ1) is 8.66. The van der Waals surface area contributed by atoms with Crippen molar-refractivity contribution in [1.29, 1.82) is 0 Å². The quantitative estimate of drug-likeness (QED) is 0.853. The van der Waals surface area contributed by atoms with Crippen LogP contribution in [0.25, 0.3) is 10.9 Å². The highest BCUT2D eigenvalue weighted by Crippen LogP contribution is 2.29. The fraction of sp³-hybridized carbons (Fsp3) is 0.429. The maximum absolute atomic E-state index is 6.27. The molecule has 0 aliphatic carbocycles. The van der Waals surface area contributed by atoms with E-state index < -0.39 is 0 Å². The predicted molar refractivity (Wildman–Crippen MR) is 76.2 cm³/mol. The number of nitrogens with zero attached hydrogens (tertiary/aromatic N) is 2. The van der Waals surface area contributed by atoms with E-state index in [0.29, 0.717) is 6.04 Å². The zero-order chi connectivity index (χ0) is 12.7. The van der Waals surface area contributed by atoms with Crippen molar-refractivity contribution in [2.24, 2.45) is 7.05 Å². The molecule has 1 unspecified atom stereocenters. The van der Waals surface area contributed by atoms with Gasteiger partial charge in [0.05, 0.1) is 6.04 Å². The van der Waals surface area contributed by atoms with Crippen LogP contribution in [-0.2, 0) is 7.05 Å². The molecular weight excluding hydrogens is 246 g/mol. The summed E-state index contributed by atoms with van der Waals surface area (Å²) in [6.07, 6.45) is 0. The Kier molecular flexibility index (Phi) is 3.06. The van der Waals surface area contributed by atoms with Gasteiger partial charge >= 0.3 is 0 Å². The molecule has 1 atom stereocenters. The van der Waals surface area contributed by atoms with E-state index in [0.717, 1.165) is 30.0 Å². The van der Waals surface area contributed by atoms with Crippen molar-refractivity contribution in [2.45, 2.75) is 6.04 Å². The molecule has 2 aromatic rings. The number of aromatic nitrogens is 1. The zero-order valence-corrected chi connectivity index (χ0v) is 11.5. The Morgan fingerprint density at radius 1 is 1.33 bits per heavy atom. The van der Waals surface area contributed by atoms with Crippen LogP contribution in [0.15, 0.2) is 24.3 Å². The Labute approximate surface area is 112 Å². The number of benzene rings is 1. The van der Waals surface area contributed by atoms with Crippen LogP contribution in [0, 0.1) is 0 Å². The van der Waals surface area contributed by atoms with E-state index >= 15 is 0 Å². The standard InChI is InChI=1S/C14H18ClN3/c1-17-7-6-16-12(9-17)14-8-10-11(15)4-3-5-13(10)18(14)2/h3-5,8,12,16H,6-7,9H2,1-2H3. The molecule has 0 spiro atoms. The fourth-order valence-electron chi connectivity index (χ4n) is 2.77. The lowest BCUT2D eigenvalue weighted by Gasteiger charge is -2.31. The zero-order valence-electron chi connectivity index (χ0n) is 10.8. The van der Waals surface area contributed by atoms with Crippen molar-refractivity contribution in [3.05, 3.63) is 35.0 Å². The summed E-state index contributed by atoms with van der Waals surface area (Å²) in [5, 5.41) is 5.56. The smallest absolute Gasteiger partial charge is 0.0604 e. The van der Waals surface area contributed by atoms with E-state index in [1.54, 1.807) is 0 Å². The highest BCUT2D eigenvalue weighted by Gasteiger charge is 2.21. The highest BCUT2D eigenvalue weighted by atomic mass is 35.5. The van der Waals surface area contributed by atoms with Crippen LogP contribution in [0.3, 0.4) is 0 Å². The lowest BCUT2D eigenvalue weighted by atomic mass is 10.1. The summed E-state index contributed by atoms with van der Waals surface area (Å²) >= 11 is 6.27. The Morgan fingerprint density at radius 3 is 2.89 bits per heavy atom. The van der Waals surface area contributed by atoms with Crippen molar-refractivity contribution in [3.8, 4) is 0 Å². The number of rotatable bonds is 1. The number of hydrogen-bond acceptors (Lipinski definition) is 2. The molecule has 1 aliphatic rings. The summed E-state index contributed by atoms with van der Waals surface area (Å²) in [4.78, 5) is 2.36. The van der Waals surface area contributed by atoms with Gasteiger partial charge in [-0.1, -0.05) is 17.7 Å². The van der Waals surface area contributed by atoms with Gasteiger partial charge in [0.15, 0.2) is 0 Å². The third-order valence-electron chi connectivity index (χ3n) is 3.81. The molecule has 3 nitrogen and oxygen atoms in total. The van der Waals surface area contributed by atoms with Crippen molar-refractivity contribution < 1.29 is 0 Å². The number of nitrogens with one attached hydrogen (secondary N) is 1. The molecular formula is C14H18ClN3. The number of halogens is 1. The summed E-state index contributed by atoms with van der Waals surface area (Å²) in [6.45, 7) is 3.19. The van der Waals surface area contributed by atoms with Crippen LogP contribution in [0.1, 0.15) is 11.7 Å². The number of hydrogen-bond donors (Lipinski definition) is 1. The SMILES string of the molecule is CN1CCNC(c2cc3c(Cl)cccc3n2C)C1. The van der Waals surface area contributed by atoms with Crippen LogP contribution in [0.5, 0.6) is 0 Å². The number of likely N-dealkylation sites (N-methyl/N-ethyl adjacent to an activating group) is 1. The maximum atomic E-state index is 6.27. The molecule has 18 heavy (non-hydrogen) atoms. The van der Waals surface area contributed by atoms with Gasteiger partial charge < -0.3 is 14.8 Å². The minimum Gasteiger partial charge on any atom is -0.346 e. The Hall–Kier alpha value is -1.03. The fourth-order valence-corrected chi connectivity index (χ4v) is 3.00. The third kappa shape index (κ3) is 1.92. The summed E-state index contributed by atoms with van der Waals surface area (Å²) < 4.78 is 2.25. The molecule has 0 bridgehead atoms. The van der Waals surface area contributed by atoms with Gasteiger partial charge in [-0.15, -0.1) is 0 Å². The van der Waals surface area contributed by atoms with Gasteiger partial charge in [-0.2, -0.15) is 0 Å². The molecule has 96 valence electrons. The van der Waals surface area contributed by atoms with Gasteiger partial charge in [-0.05, 0) is 25.2 Å². The van der Waals surface area contributed by atoms with Gasteiger partial charge in [0.25, 0.3) is 0 Å². The van der Waals surface area contributed by atoms with Crippen LogP contribution in [0.2, 0.25) is 5.02 Å². The lowest BCUT2D eigenvalue weighted by molar-refractivity contribution is 0.236. The molecule has 1 saturated heterocycles. The largest absolute Gasteiger partial charge is 0.346 e.